The number of amides is 1. The summed E-state index contributed by atoms with van der Waals surface area (Å²) in [4.78, 5) is 21.2. The lowest BCUT2D eigenvalue weighted by Crippen LogP contribution is -2.47. The third-order valence-corrected chi connectivity index (χ3v) is 7.90. The van der Waals surface area contributed by atoms with E-state index in [1.165, 1.54) is 6.39 Å². The van der Waals surface area contributed by atoms with Gasteiger partial charge in [0.15, 0.2) is 15.7 Å². The first kappa shape index (κ1) is 17.9. The summed E-state index contributed by atoms with van der Waals surface area (Å²) in [5.74, 6) is 1.96. The molecule has 3 saturated heterocycles. The molecule has 1 atom stereocenters. The fraction of sp³-hybridized carbons (Fsp3) is 0.824. The molecular weight excluding hydrogens is 356 g/mol. The van der Waals surface area contributed by atoms with Crippen LogP contribution in [0.5, 0.6) is 0 Å². The number of carbonyl (C=O) groups excluding carboxylic acids is 1. The highest BCUT2D eigenvalue weighted by Gasteiger charge is 2.37. The first-order chi connectivity index (χ1) is 12.5. The Kier molecular flexibility index (Phi) is 5.00. The van der Waals surface area contributed by atoms with E-state index in [4.69, 9.17) is 4.52 Å². The molecule has 0 bridgehead atoms. The molecule has 1 aromatic rings. The van der Waals surface area contributed by atoms with E-state index in [2.05, 4.69) is 15.0 Å². The van der Waals surface area contributed by atoms with Crippen LogP contribution in [0.25, 0.3) is 0 Å². The maximum Gasteiger partial charge on any atom is 0.225 e. The predicted octanol–water partition coefficient (Wildman–Crippen LogP) is 0.675. The number of likely N-dealkylation sites (tertiary alicyclic amines) is 2. The first-order valence-electron chi connectivity index (χ1n) is 9.51. The van der Waals surface area contributed by atoms with Crippen molar-refractivity contribution in [2.45, 2.75) is 44.1 Å². The Morgan fingerprint density at radius 1 is 1.08 bits per heavy atom. The van der Waals surface area contributed by atoms with Gasteiger partial charge in [-0.05, 0) is 45.2 Å². The SMILES string of the molecule is O=C(C1CCN([C@H]2CCS(=O)(=O)C2)CC1)N1CCC(c2ncon2)CC1. The molecule has 0 N–H and O–H groups in total. The van der Waals surface area contributed by atoms with E-state index < -0.39 is 9.84 Å². The Bertz CT molecular complexity index is 720. The van der Waals surface area contributed by atoms with Gasteiger partial charge < -0.3 is 9.42 Å². The molecule has 3 aliphatic heterocycles. The van der Waals surface area contributed by atoms with Crippen LogP contribution in [-0.4, -0.2) is 78.0 Å². The van der Waals surface area contributed by atoms with Gasteiger partial charge in [-0.25, -0.2) is 8.42 Å². The summed E-state index contributed by atoms with van der Waals surface area (Å²) in [7, 11) is -2.85. The van der Waals surface area contributed by atoms with Crippen molar-refractivity contribution in [1.29, 1.82) is 0 Å². The zero-order valence-corrected chi connectivity index (χ0v) is 15.7. The lowest BCUT2D eigenvalue weighted by Gasteiger charge is -2.38. The molecule has 26 heavy (non-hydrogen) atoms. The summed E-state index contributed by atoms with van der Waals surface area (Å²) < 4.78 is 28.2. The number of hydrogen-bond donors (Lipinski definition) is 0. The van der Waals surface area contributed by atoms with Gasteiger partial charge in [0.05, 0.1) is 11.5 Å². The quantitative estimate of drug-likeness (QED) is 0.758. The maximum atomic E-state index is 12.8. The van der Waals surface area contributed by atoms with E-state index in [0.29, 0.717) is 5.75 Å². The second kappa shape index (κ2) is 7.26. The number of sulfone groups is 1. The van der Waals surface area contributed by atoms with Crippen LogP contribution < -0.4 is 0 Å². The Morgan fingerprint density at radius 2 is 1.81 bits per heavy atom. The van der Waals surface area contributed by atoms with Crippen LogP contribution in [0.1, 0.15) is 43.8 Å². The van der Waals surface area contributed by atoms with Crippen molar-refractivity contribution >= 4 is 15.7 Å². The Labute approximate surface area is 153 Å². The van der Waals surface area contributed by atoms with Gasteiger partial charge >= 0.3 is 0 Å². The maximum absolute atomic E-state index is 12.8. The molecular formula is C17H26N4O4S. The lowest BCUT2D eigenvalue weighted by atomic mass is 9.91. The average Bonchev–Trinajstić information content (AvgIpc) is 3.31. The molecule has 3 aliphatic rings. The third kappa shape index (κ3) is 3.78. The van der Waals surface area contributed by atoms with Gasteiger partial charge in [0.1, 0.15) is 0 Å². The molecule has 0 spiro atoms. The largest absolute Gasteiger partial charge is 0.343 e. The topological polar surface area (TPSA) is 96.6 Å². The van der Waals surface area contributed by atoms with Crippen LogP contribution >= 0.6 is 0 Å². The van der Waals surface area contributed by atoms with Crippen LogP contribution in [0, 0.1) is 5.92 Å². The van der Waals surface area contributed by atoms with Gasteiger partial charge in [-0.3, -0.25) is 9.69 Å². The molecule has 0 aliphatic carbocycles. The smallest absolute Gasteiger partial charge is 0.225 e. The highest BCUT2D eigenvalue weighted by atomic mass is 32.2. The van der Waals surface area contributed by atoms with Crippen molar-refractivity contribution in [2.24, 2.45) is 5.92 Å². The van der Waals surface area contributed by atoms with Crippen molar-refractivity contribution < 1.29 is 17.7 Å². The van der Waals surface area contributed by atoms with E-state index in [-0.39, 0.29) is 29.5 Å². The standard InChI is InChI=1S/C17H26N4O4S/c22-17(21-8-1-13(2-9-21)16-18-12-25-19-16)14-3-6-20(7-4-14)15-5-10-26(23,24)11-15/h12-15H,1-11H2/t15-/m0/s1. The molecule has 0 aromatic carbocycles. The van der Waals surface area contributed by atoms with Crippen LogP contribution in [0.15, 0.2) is 10.9 Å². The van der Waals surface area contributed by atoms with Gasteiger partial charge in [0.2, 0.25) is 12.3 Å². The second-order valence-corrected chi connectivity index (χ2v) is 9.98. The summed E-state index contributed by atoms with van der Waals surface area (Å²) in [6, 6.07) is 0.154. The summed E-state index contributed by atoms with van der Waals surface area (Å²) >= 11 is 0. The predicted molar refractivity (Wildman–Crippen MR) is 94.2 cm³/mol. The Hall–Kier alpha value is -1.48. The van der Waals surface area contributed by atoms with Crippen LogP contribution in [0.4, 0.5) is 0 Å². The summed E-state index contributed by atoms with van der Waals surface area (Å²) in [5, 5.41) is 3.92. The molecule has 144 valence electrons. The Morgan fingerprint density at radius 3 is 2.38 bits per heavy atom. The molecule has 0 radical (unpaired) electrons. The minimum absolute atomic E-state index is 0.0750. The fourth-order valence-corrected chi connectivity index (χ4v) is 6.31. The molecule has 1 amide bonds. The molecule has 0 saturated carbocycles. The number of carbonyl (C=O) groups is 1. The van der Waals surface area contributed by atoms with Gasteiger partial charge in [-0.2, -0.15) is 4.98 Å². The van der Waals surface area contributed by atoms with E-state index in [9.17, 15) is 13.2 Å². The van der Waals surface area contributed by atoms with Crippen LogP contribution in [-0.2, 0) is 14.6 Å². The second-order valence-electron chi connectivity index (χ2n) is 7.76. The van der Waals surface area contributed by atoms with Crippen molar-refractivity contribution in [2.75, 3.05) is 37.7 Å². The summed E-state index contributed by atoms with van der Waals surface area (Å²) in [6.07, 6.45) is 5.52. The van der Waals surface area contributed by atoms with E-state index >= 15 is 0 Å². The van der Waals surface area contributed by atoms with Crippen molar-refractivity contribution in [3.8, 4) is 0 Å². The molecule has 4 heterocycles. The number of rotatable bonds is 3. The number of hydrogen-bond acceptors (Lipinski definition) is 7. The lowest BCUT2D eigenvalue weighted by molar-refractivity contribution is -0.138. The zero-order valence-electron chi connectivity index (χ0n) is 14.9. The summed E-state index contributed by atoms with van der Waals surface area (Å²) in [6.45, 7) is 3.16. The number of aromatic nitrogens is 2. The minimum Gasteiger partial charge on any atom is -0.343 e. The van der Waals surface area contributed by atoms with Crippen molar-refractivity contribution in [1.82, 2.24) is 19.9 Å². The van der Waals surface area contributed by atoms with E-state index in [0.717, 1.165) is 64.1 Å². The molecule has 9 heteroatoms. The minimum atomic E-state index is -2.85. The third-order valence-electron chi connectivity index (χ3n) is 6.15. The monoisotopic (exact) mass is 382 g/mol. The number of nitrogens with zero attached hydrogens (tertiary/aromatic N) is 4. The average molecular weight is 382 g/mol. The normalized spacial score (nSPS) is 28.5. The summed E-state index contributed by atoms with van der Waals surface area (Å²) in [5.41, 5.74) is 0. The van der Waals surface area contributed by atoms with E-state index in [1.54, 1.807) is 0 Å². The first-order valence-corrected chi connectivity index (χ1v) is 11.3. The van der Waals surface area contributed by atoms with Gasteiger partial charge in [0, 0.05) is 31.0 Å². The van der Waals surface area contributed by atoms with Crippen LogP contribution in [0.3, 0.4) is 0 Å². The molecule has 1 aromatic heterocycles. The van der Waals surface area contributed by atoms with Crippen molar-refractivity contribution in [3.05, 3.63) is 12.2 Å². The molecule has 0 unspecified atom stereocenters. The molecule has 8 nitrogen and oxygen atoms in total. The molecule has 4 rings (SSSR count). The highest BCUT2D eigenvalue weighted by Crippen LogP contribution is 2.29. The van der Waals surface area contributed by atoms with Crippen molar-refractivity contribution in [3.63, 3.8) is 0 Å². The van der Waals surface area contributed by atoms with Gasteiger partial charge in [-0.15, -0.1) is 0 Å². The Balaban J connectivity index is 1.25. The van der Waals surface area contributed by atoms with Crippen LogP contribution in [0.2, 0.25) is 0 Å². The zero-order chi connectivity index (χ0) is 18.1. The van der Waals surface area contributed by atoms with Gasteiger partial charge in [-0.1, -0.05) is 5.16 Å². The number of piperidine rings is 2. The molecule has 3 fully saturated rings. The fourth-order valence-electron chi connectivity index (χ4n) is 4.55. The van der Waals surface area contributed by atoms with E-state index in [1.807, 2.05) is 4.90 Å². The highest BCUT2D eigenvalue weighted by molar-refractivity contribution is 7.91. The van der Waals surface area contributed by atoms with Gasteiger partial charge in [0.25, 0.3) is 0 Å².